The van der Waals surface area contributed by atoms with Crippen LogP contribution in [0.25, 0.3) is 0 Å². The molecule has 2 aromatic rings. The number of rotatable bonds is 5. The first-order valence-corrected chi connectivity index (χ1v) is 8.51. The minimum absolute atomic E-state index is 0.806. The number of likely N-dealkylation sites (tertiary alicyclic amines) is 1. The molecule has 2 heterocycles. The van der Waals surface area contributed by atoms with E-state index in [9.17, 15) is 0 Å². The smallest absolute Gasteiger partial charge is 0.118 e. The number of methoxy groups -OCH3 is 1. The van der Waals surface area contributed by atoms with E-state index in [0.717, 1.165) is 24.8 Å². The highest BCUT2D eigenvalue weighted by Gasteiger charge is 2.26. The predicted molar refractivity (Wildman–Crippen MR) is 94.1 cm³/mol. The van der Waals surface area contributed by atoms with Gasteiger partial charge in [-0.05, 0) is 53.6 Å². The van der Waals surface area contributed by atoms with Crippen molar-refractivity contribution in [2.45, 2.75) is 19.4 Å². The Labute approximate surface area is 138 Å². The molecule has 2 aliphatic heterocycles. The molecular formula is C20H24N2O. The Morgan fingerprint density at radius 3 is 2.65 bits per heavy atom. The summed E-state index contributed by atoms with van der Waals surface area (Å²) in [6, 6.07) is 15.4. The third-order valence-electron chi connectivity index (χ3n) is 5.00. The molecule has 1 fully saturated rings. The summed E-state index contributed by atoms with van der Waals surface area (Å²) in [5.41, 5.74) is 5.70. The molecule has 120 valence electrons. The molecule has 0 bridgehead atoms. The van der Waals surface area contributed by atoms with Gasteiger partial charge in [-0.15, -0.1) is 0 Å². The minimum atomic E-state index is 0.806. The summed E-state index contributed by atoms with van der Waals surface area (Å²) < 4.78 is 5.21. The fourth-order valence-corrected chi connectivity index (χ4v) is 3.74. The number of hydrogen-bond donors (Lipinski definition) is 1. The van der Waals surface area contributed by atoms with Crippen LogP contribution in [0.1, 0.15) is 16.7 Å². The Morgan fingerprint density at radius 2 is 1.87 bits per heavy atom. The fourth-order valence-electron chi connectivity index (χ4n) is 3.74. The molecule has 0 aliphatic carbocycles. The first kappa shape index (κ1) is 14.6. The van der Waals surface area contributed by atoms with E-state index < -0.39 is 0 Å². The Balaban J connectivity index is 1.28. The van der Waals surface area contributed by atoms with Gasteiger partial charge < -0.3 is 10.1 Å². The second kappa shape index (κ2) is 6.25. The van der Waals surface area contributed by atoms with Gasteiger partial charge in [-0.3, -0.25) is 4.90 Å². The summed E-state index contributed by atoms with van der Waals surface area (Å²) >= 11 is 0. The van der Waals surface area contributed by atoms with Crippen molar-refractivity contribution in [2.24, 2.45) is 5.92 Å². The third kappa shape index (κ3) is 3.20. The molecule has 3 nitrogen and oxygen atoms in total. The van der Waals surface area contributed by atoms with Gasteiger partial charge in [-0.25, -0.2) is 0 Å². The third-order valence-corrected chi connectivity index (χ3v) is 5.00. The number of nitrogens with zero attached hydrogens (tertiary/aromatic N) is 1. The molecule has 3 heteroatoms. The van der Waals surface area contributed by atoms with Gasteiger partial charge in [0.15, 0.2) is 0 Å². The van der Waals surface area contributed by atoms with Crippen molar-refractivity contribution >= 4 is 5.69 Å². The van der Waals surface area contributed by atoms with Crippen LogP contribution in [0.2, 0.25) is 0 Å². The number of ether oxygens (including phenoxy) is 1. The normalized spacial score (nSPS) is 17.4. The molecule has 2 aliphatic rings. The molecule has 23 heavy (non-hydrogen) atoms. The van der Waals surface area contributed by atoms with Crippen LogP contribution < -0.4 is 10.1 Å². The van der Waals surface area contributed by atoms with E-state index in [-0.39, 0.29) is 0 Å². The molecule has 0 spiro atoms. The van der Waals surface area contributed by atoms with Crippen LogP contribution in [-0.4, -0.2) is 31.6 Å². The Morgan fingerprint density at radius 1 is 1.09 bits per heavy atom. The lowest BCUT2D eigenvalue weighted by molar-refractivity contribution is 0.0926. The number of anilines is 1. The zero-order valence-corrected chi connectivity index (χ0v) is 13.7. The first-order valence-electron chi connectivity index (χ1n) is 8.51. The summed E-state index contributed by atoms with van der Waals surface area (Å²) in [6.45, 7) is 4.56. The van der Waals surface area contributed by atoms with Gasteiger partial charge in [-0.2, -0.15) is 0 Å². The van der Waals surface area contributed by atoms with Crippen molar-refractivity contribution in [3.8, 4) is 5.75 Å². The quantitative estimate of drug-likeness (QED) is 0.917. The maximum absolute atomic E-state index is 5.21. The van der Waals surface area contributed by atoms with Crippen LogP contribution in [0, 0.1) is 5.92 Å². The summed E-state index contributed by atoms with van der Waals surface area (Å²) in [6.07, 6.45) is 2.39. The molecule has 1 N–H and O–H groups in total. The van der Waals surface area contributed by atoms with Crippen LogP contribution in [-0.2, 0) is 19.4 Å². The number of nitrogens with one attached hydrogen (secondary N) is 1. The zero-order chi connectivity index (χ0) is 15.6. The van der Waals surface area contributed by atoms with Gasteiger partial charge in [0.25, 0.3) is 0 Å². The highest BCUT2D eigenvalue weighted by Crippen LogP contribution is 2.27. The van der Waals surface area contributed by atoms with Gasteiger partial charge in [0.1, 0.15) is 5.75 Å². The van der Waals surface area contributed by atoms with E-state index in [4.69, 9.17) is 4.74 Å². The fraction of sp³-hybridized carbons (Fsp3) is 0.400. The van der Waals surface area contributed by atoms with Gasteiger partial charge in [0.2, 0.25) is 0 Å². The lowest BCUT2D eigenvalue weighted by Gasteiger charge is -2.39. The second-order valence-electron chi connectivity index (χ2n) is 6.78. The molecule has 0 amide bonds. The van der Waals surface area contributed by atoms with Gasteiger partial charge >= 0.3 is 0 Å². The Hall–Kier alpha value is -2.00. The van der Waals surface area contributed by atoms with Crippen LogP contribution >= 0.6 is 0 Å². The molecule has 0 radical (unpaired) electrons. The molecule has 0 unspecified atom stereocenters. The van der Waals surface area contributed by atoms with Gasteiger partial charge in [0.05, 0.1) is 7.11 Å². The predicted octanol–water partition coefficient (Wildman–Crippen LogP) is 3.34. The number of benzene rings is 2. The average Bonchev–Trinajstić information content (AvgIpc) is 3.01. The van der Waals surface area contributed by atoms with E-state index in [1.165, 1.54) is 48.3 Å². The van der Waals surface area contributed by atoms with Crippen LogP contribution in [0.15, 0.2) is 42.5 Å². The van der Waals surface area contributed by atoms with Crippen LogP contribution in [0.4, 0.5) is 5.69 Å². The molecule has 4 rings (SSSR count). The summed E-state index contributed by atoms with van der Waals surface area (Å²) in [7, 11) is 1.71. The largest absolute Gasteiger partial charge is 0.497 e. The van der Waals surface area contributed by atoms with Crippen molar-refractivity contribution in [1.82, 2.24) is 4.90 Å². The lowest BCUT2D eigenvalue weighted by Crippen LogP contribution is -2.46. The summed E-state index contributed by atoms with van der Waals surface area (Å²) in [5, 5.41) is 3.43. The number of hydrogen-bond acceptors (Lipinski definition) is 3. The van der Waals surface area contributed by atoms with Crippen molar-refractivity contribution in [3.63, 3.8) is 0 Å². The average molecular weight is 308 g/mol. The van der Waals surface area contributed by atoms with E-state index in [0.29, 0.717) is 0 Å². The Bertz CT molecular complexity index is 675. The van der Waals surface area contributed by atoms with Crippen molar-refractivity contribution < 1.29 is 4.74 Å². The van der Waals surface area contributed by atoms with E-state index in [2.05, 4.69) is 40.5 Å². The van der Waals surface area contributed by atoms with Crippen molar-refractivity contribution in [2.75, 3.05) is 32.1 Å². The molecule has 0 atom stereocenters. The monoisotopic (exact) mass is 308 g/mol. The highest BCUT2D eigenvalue weighted by atomic mass is 16.5. The maximum Gasteiger partial charge on any atom is 0.118 e. The number of fused-ring (bicyclic) bond motifs is 1. The zero-order valence-electron chi connectivity index (χ0n) is 13.7. The first-order chi connectivity index (χ1) is 11.3. The van der Waals surface area contributed by atoms with Crippen molar-refractivity contribution in [1.29, 1.82) is 0 Å². The molecule has 0 aromatic heterocycles. The standard InChI is InChI=1S/C20H24N2O/c1-23-19-5-2-15(3-6-19)12-22-13-17(14-22)10-16-4-7-20-18(11-16)8-9-21-20/h2-7,11,17,21H,8-10,12-14H2,1H3. The van der Waals surface area contributed by atoms with E-state index in [1.807, 2.05) is 12.1 Å². The second-order valence-corrected chi connectivity index (χ2v) is 6.78. The molecular weight excluding hydrogens is 284 g/mol. The van der Waals surface area contributed by atoms with Crippen LogP contribution in [0.5, 0.6) is 5.75 Å². The van der Waals surface area contributed by atoms with Gasteiger partial charge in [-0.1, -0.05) is 24.3 Å². The van der Waals surface area contributed by atoms with Crippen LogP contribution in [0.3, 0.4) is 0 Å². The summed E-state index contributed by atoms with van der Waals surface area (Å²) in [4.78, 5) is 2.53. The molecule has 2 aromatic carbocycles. The SMILES string of the molecule is COc1ccc(CN2CC(Cc3ccc4c(c3)CCN4)C2)cc1. The molecule has 1 saturated heterocycles. The minimum Gasteiger partial charge on any atom is -0.497 e. The van der Waals surface area contributed by atoms with Crippen molar-refractivity contribution in [3.05, 3.63) is 59.2 Å². The topological polar surface area (TPSA) is 24.5 Å². The molecule has 0 saturated carbocycles. The van der Waals surface area contributed by atoms with E-state index in [1.54, 1.807) is 7.11 Å². The summed E-state index contributed by atoms with van der Waals surface area (Å²) in [5.74, 6) is 1.74. The van der Waals surface area contributed by atoms with E-state index >= 15 is 0 Å². The lowest BCUT2D eigenvalue weighted by atomic mass is 9.91. The Kier molecular flexibility index (Phi) is 3.96. The highest BCUT2D eigenvalue weighted by molar-refractivity contribution is 5.56. The van der Waals surface area contributed by atoms with Gasteiger partial charge in [0, 0.05) is 31.9 Å². The maximum atomic E-state index is 5.21.